The van der Waals surface area contributed by atoms with Crippen LogP contribution < -0.4 is 5.32 Å². The van der Waals surface area contributed by atoms with E-state index in [0.29, 0.717) is 22.6 Å². The summed E-state index contributed by atoms with van der Waals surface area (Å²) in [6.45, 7) is 1.80. The van der Waals surface area contributed by atoms with E-state index in [1.807, 2.05) is 0 Å². The van der Waals surface area contributed by atoms with E-state index >= 15 is 0 Å². The number of nitrogens with one attached hydrogen (secondary N) is 1. The second-order valence-electron chi connectivity index (χ2n) is 4.85. The summed E-state index contributed by atoms with van der Waals surface area (Å²) in [7, 11) is -3.33. The molecule has 2 heterocycles. The molecule has 1 aliphatic heterocycles. The number of hydrogen-bond acceptors (Lipinski definition) is 5. The zero-order valence-corrected chi connectivity index (χ0v) is 12.2. The third-order valence-electron chi connectivity index (χ3n) is 3.52. The van der Waals surface area contributed by atoms with Gasteiger partial charge in [0.2, 0.25) is 0 Å². The van der Waals surface area contributed by atoms with E-state index in [1.54, 1.807) is 31.2 Å². The van der Waals surface area contributed by atoms with Gasteiger partial charge in [-0.3, -0.25) is 0 Å². The Kier molecular flexibility index (Phi) is 3.36. The van der Waals surface area contributed by atoms with E-state index in [2.05, 4.69) is 15.3 Å². The first-order valence-corrected chi connectivity index (χ1v) is 8.25. The van der Waals surface area contributed by atoms with E-state index in [4.69, 9.17) is 0 Å². The molecule has 0 aliphatic carbocycles. The van der Waals surface area contributed by atoms with Crippen LogP contribution in [-0.4, -0.2) is 24.1 Å². The van der Waals surface area contributed by atoms with Gasteiger partial charge in [-0.15, -0.1) is 0 Å². The van der Waals surface area contributed by atoms with Crippen molar-refractivity contribution in [3.05, 3.63) is 47.7 Å². The van der Waals surface area contributed by atoms with Gasteiger partial charge in [0.25, 0.3) is 0 Å². The minimum absolute atomic E-state index is 0.0405. The molecule has 1 N–H and O–H groups in total. The summed E-state index contributed by atoms with van der Waals surface area (Å²) in [4.78, 5) is 8.04. The van der Waals surface area contributed by atoms with Gasteiger partial charge < -0.3 is 5.32 Å². The fourth-order valence-corrected chi connectivity index (χ4v) is 4.23. The molecule has 1 aliphatic rings. The van der Waals surface area contributed by atoms with Crippen molar-refractivity contribution in [3.8, 4) is 0 Å². The third kappa shape index (κ3) is 2.37. The maximum atomic E-state index is 14.2. The van der Waals surface area contributed by atoms with Crippen LogP contribution in [0.4, 0.5) is 10.2 Å². The van der Waals surface area contributed by atoms with Crippen molar-refractivity contribution in [1.82, 2.24) is 9.97 Å². The highest BCUT2D eigenvalue weighted by Crippen LogP contribution is 2.35. The van der Waals surface area contributed by atoms with Crippen molar-refractivity contribution >= 4 is 15.7 Å². The van der Waals surface area contributed by atoms with Crippen LogP contribution in [0.2, 0.25) is 0 Å². The zero-order chi connectivity index (χ0) is 15.0. The Morgan fingerprint density at radius 2 is 2.10 bits per heavy atom. The summed E-state index contributed by atoms with van der Waals surface area (Å²) >= 11 is 0. The van der Waals surface area contributed by atoms with Gasteiger partial charge in [0.15, 0.2) is 21.5 Å². The van der Waals surface area contributed by atoms with Crippen LogP contribution in [0.5, 0.6) is 0 Å². The molecule has 0 radical (unpaired) electrons. The van der Waals surface area contributed by atoms with Crippen molar-refractivity contribution in [2.24, 2.45) is 0 Å². The molecule has 2 aromatic rings. The number of halogens is 1. The number of sulfone groups is 1. The SMILES string of the molecule is CCc1ncnc(N[C@H]2CS(=O)(=O)c3ccccc32)c1F. The average Bonchev–Trinajstić information content (AvgIpc) is 2.73. The fraction of sp³-hybridized carbons (Fsp3) is 0.286. The van der Waals surface area contributed by atoms with E-state index in [1.165, 1.54) is 6.33 Å². The second kappa shape index (κ2) is 5.07. The summed E-state index contributed by atoms with van der Waals surface area (Å²) in [6.07, 6.45) is 1.72. The summed E-state index contributed by atoms with van der Waals surface area (Å²) < 4.78 is 38.3. The van der Waals surface area contributed by atoms with Crippen LogP contribution in [0.15, 0.2) is 35.5 Å². The Morgan fingerprint density at radius 1 is 1.33 bits per heavy atom. The van der Waals surface area contributed by atoms with Crippen LogP contribution in [0, 0.1) is 5.82 Å². The minimum atomic E-state index is -3.33. The number of benzene rings is 1. The normalized spacial score (nSPS) is 19.2. The molecule has 0 bridgehead atoms. The van der Waals surface area contributed by atoms with Crippen LogP contribution >= 0.6 is 0 Å². The highest BCUT2D eigenvalue weighted by Gasteiger charge is 2.35. The van der Waals surface area contributed by atoms with Gasteiger partial charge in [-0.25, -0.2) is 22.8 Å². The predicted octanol–water partition coefficient (Wildman–Crippen LogP) is 2.12. The average molecular weight is 307 g/mol. The van der Waals surface area contributed by atoms with Gasteiger partial charge in [0.1, 0.15) is 6.33 Å². The first-order chi connectivity index (χ1) is 10.0. The first kappa shape index (κ1) is 13.9. The molecule has 1 atom stereocenters. The molecule has 0 spiro atoms. The van der Waals surface area contributed by atoms with Gasteiger partial charge in [0, 0.05) is 0 Å². The lowest BCUT2D eigenvalue weighted by molar-refractivity contribution is 0.591. The number of anilines is 1. The van der Waals surface area contributed by atoms with Crippen molar-refractivity contribution in [2.75, 3.05) is 11.1 Å². The largest absolute Gasteiger partial charge is 0.360 e. The van der Waals surface area contributed by atoms with E-state index in [9.17, 15) is 12.8 Å². The van der Waals surface area contributed by atoms with Crippen molar-refractivity contribution in [3.63, 3.8) is 0 Å². The molecule has 1 aromatic heterocycles. The fourth-order valence-electron chi connectivity index (χ4n) is 2.49. The zero-order valence-electron chi connectivity index (χ0n) is 11.4. The molecule has 110 valence electrons. The molecule has 7 heteroatoms. The summed E-state index contributed by atoms with van der Waals surface area (Å²) in [5.74, 6) is -0.586. The lowest BCUT2D eigenvalue weighted by Crippen LogP contribution is -2.15. The number of hydrogen-bond donors (Lipinski definition) is 1. The summed E-state index contributed by atoms with van der Waals surface area (Å²) in [5.41, 5.74) is 0.954. The molecule has 0 saturated heterocycles. The molecule has 0 amide bonds. The Bertz CT molecular complexity index is 793. The van der Waals surface area contributed by atoms with Gasteiger partial charge in [0.05, 0.1) is 22.4 Å². The summed E-state index contributed by atoms with van der Waals surface area (Å²) in [6, 6.07) is 6.25. The van der Waals surface area contributed by atoms with Crippen molar-refractivity contribution < 1.29 is 12.8 Å². The molecular weight excluding hydrogens is 293 g/mol. The lowest BCUT2D eigenvalue weighted by atomic mass is 10.1. The molecule has 3 rings (SSSR count). The molecule has 5 nitrogen and oxygen atoms in total. The second-order valence-corrected chi connectivity index (χ2v) is 6.86. The Balaban J connectivity index is 1.98. The van der Waals surface area contributed by atoms with E-state index < -0.39 is 21.7 Å². The number of aryl methyl sites for hydroxylation is 1. The third-order valence-corrected chi connectivity index (χ3v) is 5.34. The number of aromatic nitrogens is 2. The molecule has 0 fully saturated rings. The van der Waals surface area contributed by atoms with E-state index in [-0.39, 0.29) is 11.6 Å². The Hall–Kier alpha value is -2.02. The maximum Gasteiger partial charge on any atom is 0.186 e. The highest BCUT2D eigenvalue weighted by molar-refractivity contribution is 7.91. The Labute approximate surface area is 122 Å². The molecule has 0 unspecified atom stereocenters. The first-order valence-electron chi connectivity index (χ1n) is 6.60. The van der Waals surface area contributed by atoms with Crippen molar-refractivity contribution in [2.45, 2.75) is 24.3 Å². The lowest BCUT2D eigenvalue weighted by Gasteiger charge is -2.14. The maximum absolute atomic E-state index is 14.2. The monoisotopic (exact) mass is 307 g/mol. The predicted molar refractivity (Wildman–Crippen MR) is 76.2 cm³/mol. The number of nitrogens with zero attached hydrogens (tertiary/aromatic N) is 2. The van der Waals surface area contributed by atoms with Gasteiger partial charge in [-0.2, -0.15) is 0 Å². The smallest absolute Gasteiger partial charge is 0.186 e. The number of fused-ring (bicyclic) bond motifs is 1. The van der Waals surface area contributed by atoms with Crippen LogP contribution in [0.25, 0.3) is 0 Å². The highest BCUT2D eigenvalue weighted by atomic mass is 32.2. The van der Waals surface area contributed by atoms with Crippen LogP contribution in [0.1, 0.15) is 24.2 Å². The number of rotatable bonds is 3. The minimum Gasteiger partial charge on any atom is -0.360 e. The Morgan fingerprint density at radius 3 is 2.86 bits per heavy atom. The molecule has 1 aromatic carbocycles. The standard InChI is InChI=1S/C14H14FN3O2S/c1-2-10-13(15)14(17-8-16-10)18-11-7-21(19,20)12-6-4-3-5-9(11)12/h3-6,8,11H,2,7H2,1H3,(H,16,17,18)/t11-/m0/s1. The van der Waals surface area contributed by atoms with Gasteiger partial charge in [-0.1, -0.05) is 25.1 Å². The molecule has 0 saturated carbocycles. The van der Waals surface area contributed by atoms with Crippen LogP contribution in [-0.2, 0) is 16.3 Å². The van der Waals surface area contributed by atoms with Gasteiger partial charge in [-0.05, 0) is 18.1 Å². The van der Waals surface area contributed by atoms with Crippen LogP contribution in [0.3, 0.4) is 0 Å². The quantitative estimate of drug-likeness (QED) is 0.940. The molecule has 21 heavy (non-hydrogen) atoms. The topological polar surface area (TPSA) is 72.0 Å². The van der Waals surface area contributed by atoms with E-state index in [0.717, 1.165) is 0 Å². The molecular formula is C14H14FN3O2S. The van der Waals surface area contributed by atoms with Gasteiger partial charge >= 0.3 is 0 Å². The summed E-state index contributed by atoms with van der Waals surface area (Å²) in [5, 5.41) is 2.89. The van der Waals surface area contributed by atoms with Crippen molar-refractivity contribution in [1.29, 1.82) is 0 Å².